The van der Waals surface area contributed by atoms with Crippen LogP contribution in [0.1, 0.15) is 17.3 Å². The third-order valence-electron chi connectivity index (χ3n) is 3.33. The predicted molar refractivity (Wildman–Crippen MR) is 87.8 cm³/mol. The zero-order valence-electron chi connectivity index (χ0n) is 13.0. The molecular formula is C17H16N2O5. The van der Waals surface area contributed by atoms with Gasteiger partial charge >= 0.3 is 5.97 Å². The lowest BCUT2D eigenvalue weighted by Crippen LogP contribution is -2.34. The summed E-state index contributed by atoms with van der Waals surface area (Å²) in [4.78, 5) is 35.7. The molecule has 0 bridgehead atoms. The van der Waals surface area contributed by atoms with E-state index in [1.807, 2.05) is 25.1 Å². The van der Waals surface area contributed by atoms with Gasteiger partial charge in [0, 0.05) is 24.4 Å². The quantitative estimate of drug-likeness (QED) is 0.462. The highest BCUT2D eigenvalue weighted by atomic mass is 16.6. The van der Waals surface area contributed by atoms with Crippen LogP contribution in [0.4, 0.5) is 11.4 Å². The summed E-state index contributed by atoms with van der Waals surface area (Å²) in [6, 6.07) is 14.1. The van der Waals surface area contributed by atoms with Crippen LogP contribution in [0.15, 0.2) is 54.6 Å². The zero-order valence-corrected chi connectivity index (χ0v) is 13.0. The van der Waals surface area contributed by atoms with Crippen LogP contribution in [-0.4, -0.2) is 30.0 Å². The number of carbonyl (C=O) groups is 2. The Morgan fingerprint density at radius 3 is 2.25 bits per heavy atom. The van der Waals surface area contributed by atoms with Gasteiger partial charge in [-0.2, -0.15) is 0 Å². The molecule has 0 N–H and O–H groups in total. The van der Waals surface area contributed by atoms with Crippen molar-refractivity contribution in [1.29, 1.82) is 0 Å². The molecule has 0 fully saturated rings. The zero-order chi connectivity index (χ0) is 17.5. The average molecular weight is 328 g/mol. The SMILES string of the molecule is CCN(C(=O)COC(=O)c1ccc([N+](=O)[O-])cc1)c1ccccc1. The Balaban J connectivity index is 1.97. The number of nitrogens with zero attached hydrogens (tertiary/aromatic N) is 2. The van der Waals surface area contributed by atoms with Gasteiger partial charge in [0.15, 0.2) is 6.61 Å². The number of anilines is 1. The molecule has 0 radical (unpaired) electrons. The van der Waals surface area contributed by atoms with E-state index < -0.39 is 17.5 Å². The van der Waals surface area contributed by atoms with Crippen molar-refractivity contribution in [3.8, 4) is 0 Å². The Morgan fingerprint density at radius 2 is 1.71 bits per heavy atom. The summed E-state index contributed by atoms with van der Waals surface area (Å²) < 4.78 is 4.99. The smallest absolute Gasteiger partial charge is 0.338 e. The Kier molecular flexibility index (Phi) is 5.62. The van der Waals surface area contributed by atoms with E-state index in [9.17, 15) is 19.7 Å². The lowest BCUT2D eigenvalue weighted by molar-refractivity contribution is -0.384. The van der Waals surface area contributed by atoms with E-state index in [-0.39, 0.29) is 17.2 Å². The van der Waals surface area contributed by atoms with Gasteiger partial charge in [0.05, 0.1) is 10.5 Å². The number of nitro groups is 1. The molecule has 0 aliphatic rings. The number of carbonyl (C=O) groups excluding carboxylic acids is 2. The first-order valence-corrected chi connectivity index (χ1v) is 7.30. The maximum Gasteiger partial charge on any atom is 0.338 e. The number of hydrogen-bond acceptors (Lipinski definition) is 5. The number of non-ortho nitro benzene ring substituents is 1. The molecule has 0 aromatic heterocycles. The monoisotopic (exact) mass is 328 g/mol. The van der Waals surface area contributed by atoms with Gasteiger partial charge in [-0.3, -0.25) is 14.9 Å². The summed E-state index contributed by atoms with van der Waals surface area (Å²) in [6.07, 6.45) is 0. The van der Waals surface area contributed by atoms with Gasteiger partial charge in [0.2, 0.25) is 0 Å². The largest absolute Gasteiger partial charge is 0.452 e. The first kappa shape index (κ1) is 17.1. The predicted octanol–water partition coefficient (Wildman–Crippen LogP) is 2.80. The molecule has 24 heavy (non-hydrogen) atoms. The molecule has 0 saturated heterocycles. The van der Waals surface area contributed by atoms with Crippen molar-refractivity contribution in [2.24, 2.45) is 0 Å². The van der Waals surface area contributed by atoms with Crippen LogP contribution in [0.25, 0.3) is 0 Å². The van der Waals surface area contributed by atoms with Gasteiger partial charge in [-0.1, -0.05) is 18.2 Å². The van der Waals surface area contributed by atoms with E-state index in [1.54, 1.807) is 12.1 Å². The minimum atomic E-state index is -0.706. The van der Waals surface area contributed by atoms with Crippen molar-refractivity contribution >= 4 is 23.3 Å². The Hall–Kier alpha value is -3.22. The summed E-state index contributed by atoms with van der Waals surface area (Å²) in [6.45, 7) is 1.86. The van der Waals surface area contributed by atoms with Crippen molar-refractivity contribution in [1.82, 2.24) is 0 Å². The number of benzene rings is 2. The van der Waals surface area contributed by atoms with Gasteiger partial charge in [0.1, 0.15) is 0 Å². The second kappa shape index (κ2) is 7.87. The maximum absolute atomic E-state index is 12.2. The molecule has 0 atom stereocenters. The standard InChI is InChI=1S/C17H16N2O5/c1-2-18(14-6-4-3-5-7-14)16(20)12-24-17(21)13-8-10-15(11-9-13)19(22)23/h3-11H,2,12H2,1H3. The molecule has 0 unspecified atom stereocenters. The average Bonchev–Trinajstić information content (AvgIpc) is 2.61. The Labute approximate surface area is 138 Å². The minimum absolute atomic E-state index is 0.121. The lowest BCUT2D eigenvalue weighted by atomic mass is 10.2. The second-order valence-electron chi connectivity index (χ2n) is 4.85. The molecule has 124 valence electrons. The van der Waals surface area contributed by atoms with E-state index >= 15 is 0 Å². The Morgan fingerprint density at radius 1 is 1.08 bits per heavy atom. The molecular weight excluding hydrogens is 312 g/mol. The fourth-order valence-electron chi connectivity index (χ4n) is 2.12. The molecule has 0 spiro atoms. The number of para-hydroxylation sites is 1. The maximum atomic E-state index is 12.2. The molecule has 0 heterocycles. The van der Waals surface area contributed by atoms with Crippen molar-refractivity contribution in [3.05, 3.63) is 70.3 Å². The lowest BCUT2D eigenvalue weighted by Gasteiger charge is -2.20. The number of esters is 1. The van der Waals surface area contributed by atoms with E-state index in [1.165, 1.54) is 29.2 Å². The van der Waals surface area contributed by atoms with Gasteiger partial charge in [0.25, 0.3) is 11.6 Å². The topological polar surface area (TPSA) is 89.8 Å². The van der Waals surface area contributed by atoms with E-state index in [2.05, 4.69) is 0 Å². The summed E-state index contributed by atoms with van der Waals surface area (Å²) in [5, 5.41) is 10.6. The number of amides is 1. The van der Waals surface area contributed by atoms with Gasteiger partial charge in [-0.15, -0.1) is 0 Å². The number of hydrogen-bond donors (Lipinski definition) is 0. The van der Waals surface area contributed by atoms with Crippen LogP contribution in [-0.2, 0) is 9.53 Å². The summed E-state index contributed by atoms with van der Waals surface area (Å²) in [7, 11) is 0. The van der Waals surface area contributed by atoms with Gasteiger partial charge in [-0.05, 0) is 31.2 Å². The normalized spacial score (nSPS) is 10.0. The number of ether oxygens (including phenoxy) is 1. The van der Waals surface area contributed by atoms with Gasteiger partial charge in [-0.25, -0.2) is 4.79 Å². The minimum Gasteiger partial charge on any atom is -0.452 e. The fourth-order valence-corrected chi connectivity index (χ4v) is 2.12. The first-order valence-electron chi connectivity index (χ1n) is 7.30. The van der Waals surface area contributed by atoms with Crippen molar-refractivity contribution in [3.63, 3.8) is 0 Å². The third-order valence-corrected chi connectivity index (χ3v) is 3.33. The second-order valence-corrected chi connectivity index (χ2v) is 4.85. The van der Waals surface area contributed by atoms with Crippen molar-refractivity contribution in [2.75, 3.05) is 18.1 Å². The molecule has 0 aliphatic carbocycles. The molecule has 0 saturated carbocycles. The van der Waals surface area contributed by atoms with Crippen molar-refractivity contribution in [2.45, 2.75) is 6.92 Å². The third kappa shape index (κ3) is 4.16. The molecule has 7 nitrogen and oxygen atoms in total. The van der Waals surface area contributed by atoms with Crippen LogP contribution in [0.2, 0.25) is 0 Å². The van der Waals surface area contributed by atoms with E-state index in [4.69, 9.17) is 4.74 Å². The highest BCUT2D eigenvalue weighted by Crippen LogP contribution is 2.14. The number of rotatable bonds is 6. The Bertz CT molecular complexity index is 728. The first-order chi connectivity index (χ1) is 11.5. The van der Waals surface area contributed by atoms with Crippen LogP contribution >= 0.6 is 0 Å². The summed E-state index contributed by atoms with van der Waals surface area (Å²) in [5.41, 5.74) is 0.747. The number of nitro benzene ring substituents is 1. The van der Waals surface area contributed by atoms with Crippen LogP contribution in [0, 0.1) is 10.1 Å². The molecule has 2 aromatic rings. The van der Waals surface area contributed by atoms with E-state index in [0.29, 0.717) is 6.54 Å². The fraction of sp³-hybridized carbons (Fsp3) is 0.176. The van der Waals surface area contributed by atoms with Crippen molar-refractivity contribution < 1.29 is 19.2 Å². The molecule has 2 aromatic carbocycles. The van der Waals surface area contributed by atoms with Crippen LogP contribution < -0.4 is 4.90 Å². The highest BCUT2D eigenvalue weighted by Gasteiger charge is 2.17. The van der Waals surface area contributed by atoms with Crippen LogP contribution in [0.5, 0.6) is 0 Å². The molecule has 2 rings (SSSR count). The molecule has 7 heteroatoms. The summed E-state index contributed by atoms with van der Waals surface area (Å²) in [5.74, 6) is -1.05. The highest BCUT2D eigenvalue weighted by molar-refractivity contribution is 5.97. The molecule has 1 amide bonds. The molecule has 0 aliphatic heterocycles. The van der Waals surface area contributed by atoms with Gasteiger partial charge < -0.3 is 9.64 Å². The summed E-state index contributed by atoms with van der Waals surface area (Å²) >= 11 is 0. The number of likely N-dealkylation sites (N-methyl/N-ethyl adjacent to an activating group) is 1. The van der Waals surface area contributed by atoms with Crippen LogP contribution in [0.3, 0.4) is 0 Å². The van der Waals surface area contributed by atoms with E-state index in [0.717, 1.165) is 5.69 Å².